The van der Waals surface area contributed by atoms with Gasteiger partial charge in [0, 0.05) is 12.8 Å². The quantitative estimate of drug-likeness (QED) is 0.0211. The van der Waals surface area contributed by atoms with Crippen LogP contribution in [0.4, 0.5) is 0 Å². The van der Waals surface area contributed by atoms with Crippen molar-refractivity contribution in [3.63, 3.8) is 0 Å². The topological polar surface area (TPSA) is 108 Å². The SMILES string of the molecule is CCCCCC/C=C\C/C=C\CCCCCCCCCC(=O)OC(COC(=O)CCCCCCCCCCCCCCCCCCCCCCCCCCCCC)COP(=O)(O)OCC[N+](C)(C)C. The number of nitrogens with zero attached hydrogens (tertiary/aromatic N) is 1. The molecule has 0 aromatic carbocycles. The van der Waals surface area contributed by atoms with Crippen LogP contribution in [0, 0.1) is 0 Å². The van der Waals surface area contributed by atoms with Gasteiger partial charge in [-0.3, -0.25) is 18.6 Å². The first kappa shape index (κ1) is 67.5. The zero-order chi connectivity index (χ0) is 50.6. The molecule has 0 aliphatic rings. The number of esters is 2. The van der Waals surface area contributed by atoms with Crippen LogP contribution >= 0.6 is 7.82 Å². The number of ether oxygens (including phenoxy) is 2. The van der Waals surface area contributed by atoms with E-state index in [2.05, 4.69) is 38.2 Å². The maximum Gasteiger partial charge on any atom is 0.472 e. The molecule has 9 nitrogen and oxygen atoms in total. The smallest absolute Gasteiger partial charge is 0.462 e. The summed E-state index contributed by atoms with van der Waals surface area (Å²) in [5.74, 6) is -0.791. The van der Waals surface area contributed by atoms with E-state index in [0.29, 0.717) is 23.9 Å². The number of phosphoric ester groups is 1. The molecule has 1 N–H and O–H groups in total. The minimum atomic E-state index is -4.38. The van der Waals surface area contributed by atoms with Gasteiger partial charge in [0.1, 0.15) is 19.8 Å². The maximum absolute atomic E-state index is 12.8. The predicted octanol–water partition coefficient (Wildman–Crippen LogP) is 18.2. The van der Waals surface area contributed by atoms with Crippen molar-refractivity contribution < 1.29 is 42.1 Å². The number of rotatable bonds is 55. The molecule has 0 heterocycles. The summed E-state index contributed by atoms with van der Waals surface area (Å²) in [7, 11) is 1.48. The average molecular weight is 998 g/mol. The van der Waals surface area contributed by atoms with E-state index in [0.717, 1.165) is 51.4 Å². The van der Waals surface area contributed by atoms with Gasteiger partial charge in [0.2, 0.25) is 0 Å². The molecular formula is C59H115NO8P+. The molecule has 0 aliphatic carbocycles. The van der Waals surface area contributed by atoms with Gasteiger partial charge in [0.15, 0.2) is 6.10 Å². The Morgan fingerprint density at radius 2 is 0.783 bits per heavy atom. The Labute approximate surface area is 428 Å². The van der Waals surface area contributed by atoms with Crippen molar-refractivity contribution in [2.75, 3.05) is 47.5 Å². The first-order chi connectivity index (χ1) is 33.5. The van der Waals surface area contributed by atoms with Gasteiger partial charge >= 0.3 is 19.8 Å². The summed E-state index contributed by atoms with van der Waals surface area (Å²) in [5.41, 5.74) is 0. The summed E-state index contributed by atoms with van der Waals surface area (Å²) < 4.78 is 34.6. The molecule has 0 amide bonds. The molecule has 0 rings (SSSR count). The van der Waals surface area contributed by atoms with Gasteiger partial charge in [0.05, 0.1) is 27.7 Å². The second-order valence-electron chi connectivity index (χ2n) is 21.4. The van der Waals surface area contributed by atoms with Crippen molar-refractivity contribution in [3.8, 4) is 0 Å². The zero-order valence-electron chi connectivity index (χ0n) is 46.3. The van der Waals surface area contributed by atoms with E-state index in [1.54, 1.807) is 0 Å². The molecule has 408 valence electrons. The number of likely N-dealkylation sites (N-methyl/N-ethyl adjacent to an activating group) is 1. The van der Waals surface area contributed by atoms with Gasteiger partial charge in [-0.1, -0.05) is 256 Å². The standard InChI is InChI=1S/C59H114NO8P/c1-6-8-10-12-14-16-18-20-22-24-26-27-28-29-30-31-32-33-34-36-37-39-41-43-45-47-49-51-58(61)65-55-57(56-67-69(63,64)66-54-53-60(3,4)5)68-59(62)52-50-48-46-44-42-40-38-35-25-23-21-19-17-15-13-11-9-7-2/h17,19,23,25,57H,6-16,18,20-22,24,26-56H2,1-5H3/p+1/b19-17-,25-23-. The van der Waals surface area contributed by atoms with Crippen molar-refractivity contribution in [2.45, 2.75) is 296 Å². The number of allylic oxidation sites excluding steroid dienone is 4. The third-order valence-corrected chi connectivity index (χ3v) is 14.2. The van der Waals surface area contributed by atoms with Crippen molar-refractivity contribution in [3.05, 3.63) is 24.3 Å². The summed E-state index contributed by atoms with van der Waals surface area (Å²) in [6.45, 7) is 4.46. The number of carbonyl (C=O) groups is 2. The van der Waals surface area contributed by atoms with Crippen LogP contribution in [0.2, 0.25) is 0 Å². The van der Waals surface area contributed by atoms with Crippen LogP contribution in [0.25, 0.3) is 0 Å². The van der Waals surface area contributed by atoms with E-state index < -0.39 is 26.5 Å². The minimum absolute atomic E-state index is 0.0323. The molecule has 2 atom stereocenters. The highest BCUT2D eigenvalue weighted by molar-refractivity contribution is 7.47. The molecule has 69 heavy (non-hydrogen) atoms. The summed E-state index contributed by atoms with van der Waals surface area (Å²) in [6, 6.07) is 0. The molecule has 0 radical (unpaired) electrons. The fraction of sp³-hybridized carbons (Fsp3) is 0.898. The Kier molecular flexibility index (Phi) is 50.3. The average Bonchev–Trinajstić information content (AvgIpc) is 3.31. The Balaban J connectivity index is 4.08. The van der Waals surface area contributed by atoms with Gasteiger partial charge in [-0.15, -0.1) is 0 Å². The number of hydrogen-bond acceptors (Lipinski definition) is 7. The first-order valence-electron chi connectivity index (χ1n) is 29.6. The van der Waals surface area contributed by atoms with E-state index in [1.165, 1.54) is 205 Å². The Hall–Kier alpha value is -1.51. The number of unbranched alkanes of at least 4 members (excludes halogenated alkanes) is 37. The lowest BCUT2D eigenvalue weighted by molar-refractivity contribution is -0.870. The summed E-state index contributed by atoms with van der Waals surface area (Å²) >= 11 is 0. The molecule has 0 aliphatic heterocycles. The van der Waals surface area contributed by atoms with E-state index in [9.17, 15) is 19.0 Å². The highest BCUT2D eigenvalue weighted by atomic mass is 31.2. The molecule has 0 saturated carbocycles. The van der Waals surface area contributed by atoms with E-state index >= 15 is 0 Å². The maximum atomic E-state index is 12.8. The summed E-state index contributed by atoms with van der Waals surface area (Å²) in [5, 5.41) is 0. The minimum Gasteiger partial charge on any atom is -0.462 e. The predicted molar refractivity (Wildman–Crippen MR) is 294 cm³/mol. The zero-order valence-corrected chi connectivity index (χ0v) is 47.2. The number of phosphoric acid groups is 1. The van der Waals surface area contributed by atoms with Crippen LogP contribution in [0.5, 0.6) is 0 Å². The molecule has 2 unspecified atom stereocenters. The second kappa shape index (κ2) is 51.4. The lowest BCUT2D eigenvalue weighted by Crippen LogP contribution is -2.37. The van der Waals surface area contributed by atoms with Crippen LogP contribution in [0.15, 0.2) is 24.3 Å². The number of carbonyl (C=O) groups excluding carboxylic acids is 2. The van der Waals surface area contributed by atoms with E-state index in [-0.39, 0.29) is 25.6 Å². The third-order valence-electron chi connectivity index (χ3n) is 13.2. The fourth-order valence-electron chi connectivity index (χ4n) is 8.64. The van der Waals surface area contributed by atoms with Crippen LogP contribution in [-0.4, -0.2) is 74.9 Å². The molecule has 0 fully saturated rings. The number of hydrogen-bond donors (Lipinski definition) is 1. The Morgan fingerprint density at radius 1 is 0.449 bits per heavy atom. The molecule has 0 aromatic heterocycles. The van der Waals surface area contributed by atoms with Crippen LogP contribution in [0.3, 0.4) is 0 Å². The molecule has 0 aromatic rings. The molecule has 0 spiro atoms. The van der Waals surface area contributed by atoms with Gasteiger partial charge in [-0.05, 0) is 44.9 Å². The second-order valence-corrected chi connectivity index (χ2v) is 22.8. The molecule has 0 saturated heterocycles. The van der Waals surface area contributed by atoms with Crippen molar-refractivity contribution in [1.29, 1.82) is 0 Å². The van der Waals surface area contributed by atoms with Crippen molar-refractivity contribution in [2.24, 2.45) is 0 Å². The van der Waals surface area contributed by atoms with Crippen molar-refractivity contribution >= 4 is 19.8 Å². The fourth-order valence-corrected chi connectivity index (χ4v) is 9.38. The van der Waals surface area contributed by atoms with Crippen molar-refractivity contribution in [1.82, 2.24) is 0 Å². The van der Waals surface area contributed by atoms with Crippen LogP contribution < -0.4 is 0 Å². The largest absolute Gasteiger partial charge is 0.472 e. The Morgan fingerprint density at radius 3 is 1.16 bits per heavy atom. The lowest BCUT2D eigenvalue weighted by atomic mass is 10.0. The lowest BCUT2D eigenvalue weighted by Gasteiger charge is -2.24. The highest BCUT2D eigenvalue weighted by Gasteiger charge is 2.27. The van der Waals surface area contributed by atoms with Gasteiger partial charge < -0.3 is 18.9 Å². The van der Waals surface area contributed by atoms with E-state index in [1.807, 2.05) is 21.1 Å². The third kappa shape index (κ3) is 55.7. The van der Waals surface area contributed by atoms with Gasteiger partial charge in [0.25, 0.3) is 0 Å². The first-order valence-corrected chi connectivity index (χ1v) is 31.1. The number of quaternary nitrogens is 1. The molecular weight excluding hydrogens is 882 g/mol. The summed E-state index contributed by atoms with van der Waals surface area (Å²) in [6.07, 6.45) is 61.1. The van der Waals surface area contributed by atoms with Crippen LogP contribution in [0.1, 0.15) is 290 Å². The normalized spacial score (nSPS) is 13.4. The Bertz CT molecular complexity index is 1220. The monoisotopic (exact) mass is 997 g/mol. The molecule has 10 heteroatoms. The molecule has 0 bridgehead atoms. The van der Waals surface area contributed by atoms with E-state index in [4.69, 9.17) is 18.5 Å². The van der Waals surface area contributed by atoms with Crippen LogP contribution in [-0.2, 0) is 32.7 Å². The highest BCUT2D eigenvalue weighted by Crippen LogP contribution is 2.43. The summed E-state index contributed by atoms with van der Waals surface area (Å²) in [4.78, 5) is 35.7. The van der Waals surface area contributed by atoms with Gasteiger partial charge in [-0.2, -0.15) is 0 Å². The van der Waals surface area contributed by atoms with Gasteiger partial charge in [-0.25, -0.2) is 4.57 Å².